The van der Waals surface area contributed by atoms with Crippen LogP contribution in [0.4, 0.5) is 5.69 Å². The second-order valence-electron chi connectivity index (χ2n) is 5.14. The predicted octanol–water partition coefficient (Wildman–Crippen LogP) is 4.47. The predicted molar refractivity (Wildman–Crippen MR) is 83.9 cm³/mol. The number of aryl methyl sites for hydroxylation is 1. The summed E-state index contributed by atoms with van der Waals surface area (Å²) in [5, 5.41) is 12.6. The summed E-state index contributed by atoms with van der Waals surface area (Å²) in [6.07, 6.45) is 1.04. The maximum absolute atomic E-state index is 9.20. The van der Waals surface area contributed by atoms with E-state index in [0.717, 1.165) is 29.8 Å². The van der Waals surface area contributed by atoms with Crippen LogP contribution in [0.15, 0.2) is 48.5 Å². The number of nitrogens with one attached hydrogen (secondary N) is 1. The second-order valence-corrected chi connectivity index (χ2v) is 5.14. The van der Waals surface area contributed by atoms with Crippen molar-refractivity contribution in [1.82, 2.24) is 0 Å². The van der Waals surface area contributed by atoms with Crippen molar-refractivity contribution in [3.8, 4) is 6.07 Å². The number of anilines is 1. The molecule has 0 aliphatic heterocycles. The molecule has 0 aliphatic carbocycles. The van der Waals surface area contributed by atoms with Crippen molar-refractivity contribution in [3.63, 3.8) is 0 Å². The molecule has 1 atom stereocenters. The van der Waals surface area contributed by atoms with Crippen molar-refractivity contribution < 1.29 is 0 Å². The first kappa shape index (κ1) is 14.1. The summed E-state index contributed by atoms with van der Waals surface area (Å²) in [7, 11) is 0. The Kier molecular flexibility index (Phi) is 4.79. The van der Waals surface area contributed by atoms with Gasteiger partial charge in [-0.1, -0.05) is 49.4 Å². The molecule has 1 N–H and O–H groups in total. The number of benzene rings is 2. The van der Waals surface area contributed by atoms with Crippen molar-refractivity contribution in [2.24, 2.45) is 0 Å². The molecule has 20 heavy (non-hydrogen) atoms. The van der Waals surface area contributed by atoms with Crippen LogP contribution in [-0.2, 0) is 0 Å². The molecule has 2 heteroatoms. The first-order chi connectivity index (χ1) is 9.72. The molecule has 0 aliphatic rings. The Morgan fingerprint density at radius 1 is 1.10 bits per heavy atom. The van der Waals surface area contributed by atoms with Gasteiger partial charge in [-0.25, -0.2) is 0 Å². The van der Waals surface area contributed by atoms with E-state index in [1.54, 1.807) is 0 Å². The molecular weight excluding hydrogens is 244 g/mol. The minimum Gasteiger partial charge on any atom is -0.384 e. The van der Waals surface area contributed by atoms with E-state index < -0.39 is 0 Å². The molecule has 0 saturated heterocycles. The Balaban J connectivity index is 1.94. The van der Waals surface area contributed by atoms with Gasteiger partial charge in [-0.3, -0.25) is 0 Å². The summed E-state index contributed by atoms with van der Waals surface area (Å²) in [6.45, 7) is 5.07. The topological polar surface area (TPSA) is 35.8 Å². The normalized spacial score (nSPS) is 11.7. The summed E-state index contributed by atoms with van der Waals surface area (Å²) in [5.74, 6) is 0.513. The average molecular weight is 264 g/mol. The summed E-state index contributed by atoms with van der Waals surface area (Å²) < 4.78 is 0. The zero-order chi connectivity index (χ0) is 14.4. The van der Waals surface area contributed by atoms with Gasteiger partial charge >= 0.3 is 0 Å². The molecule has 102 valence electrons. The molecule has 0 amide bonds. The lowest BCUT2D eigenvalue weighted by Crippen LogP contribution is -2.07. The maximum atomic E-state index is 9.20. The zero-order valence-electron chi connectivity index (χ0n) is 12.1. The second kappa shape index (κ2) is 6.77. The Bertz CT molecular complexity index is 597. The Hall–Kier alpha value is -2.27. The van der Waals surface area contributed by atoms with Crippen LogP contribution < -0.4 is 5.32 Å². The number of hydrogen-bond acceptors (Lipinski definition) is 2. The summed E-state index contributed by atoms with van der Waals surface area (Å²) in [5.41, 5.74) is 4.07. The molecule has 0 bridgehead atoms. The number of nitrogens with zero attached hydrogens (tertiary/aromatic N) is 1. The third kappa shape index (κ3) is 3.39. The molecule has 1 unspecified atom stereocenters. The molecule has 0 aromatic heterocycles. The summed E-state index contributed by atoms with van der Waals surface area (Å²) in [4.78, 5) is 0. The molecule has 2 aromatic carbocycles. The molecule has 2 aromatic rings. The fourth-order valence-electron chi connectivity index (χ4n) is 2.34. The van der Waals surface area contributed by atoms with Crippen molar-refractivity contribution >= 4 is 5.69 Å². The van der Waals surface area contributed by atoms with Gasteiger partial charge in [0.15, 0.2) is 0 Å². The SMILES string of the molecule is Cc1cccc(NCCC(C)c2ccccc2)c1C#N. The highest BCUT2D eigenvalue weighted by molar-refractivity contribution is 5.60. The van der Waals surface area contributed by atoms with E-state index in [2.05, 4.69) is 42.6 Å². The van der Waals surface area contributed by atoms with E-state index in [1.165, 1.54) is 5.56 Å². The van der Waals surface area contributed by atoms with Crippen molar-refractivity contribution in [2.75, 3.05) is 11.9 Å². The van der Waals surface area contributed by atoms with Crippen LogP contribution in [0.5, 0.6) is 0 Å². The van der Waals surface area contributed by atoms with Gasteiger partial charge in [0.2, 0.25) is 0 Å². The summed E-state index contributed by atoms with van der Waals surface area (Å²) in [6, 6.07) is 18.7. The minimum atomic E-state index is 0.513. The van der Waals surface area contributed by atoms with Gasteiger partial charge in [0.1, 0.15) is 6.07 Å². The van der Waals surface area contributed by atoms with Crippen LogP contribution in [-0.4, -0.2) is 6.54 Å². The number of nitriles is 1. The number of hydrogen-bond donors (Lipinski definition) is 1. The molecule has 0 saturated carbocycles. The van der Waals surface area contributed by atoms with Gasteiger partial charge in [0, 0.05) is 6.54 Å². The Labute approximate surface area is 121 Å². The van der Waals surface area contributed by atoms with E-state index in [9.17, 15) is 5.26 Å². The van der Waals surface area contributed by atoms with E-state index >= 15 is 0 Å². The Morgan fingerprint density at radius 2 is 1.85 bits per heavy atom. The van der Waals surface area contributed by atoms with E-state index in [-0.39, 0.29) is 0 Å². The highest BCUT2D eigenvalue weighted by atomic mass is 14.9. The molecule has 0 radical (unpaired) electrons. The van der Waals surface area contributed by atoms with Crippen LogP contribution in [0, 0.1) is 18.3 Å². The first-order valence-electron chi connectivity index (χ1n) is 7.01. The molecule has 0 heterocycles. The van der Waals surface area contributed by atoms with E-state index in [0.29, 0.717) is 5.92 Å². The highest BCUT2D eigenvalue weighted by Gasteiger charge is 2.07. The third-order valence-electron chi connectivity index (χ3n) is 3.65. The largest absolute Gasteiger partial charge is 0.384 e. The quantitative estimate of drug-likeness (QED) is 0.864. The fraction of sp³-hybridized carbons (Fsp3) is 0.278. The van der Waals surface area contributed by atoms with Crippen molar-refractivity contribution in [1.29, 1.82) is 5.26 Å². The van der Waals surface area contributed by atoms with Gasteiger partial charge < -0.3 is 5.32 Å². The van der Waals surface area contributed by atoms with Crippen LogP contribution in [0.3, 0.4) is 0 Å². The minimum absolute atomic E-state index is 0.513. The van der Waals surface area contributed by atoms with E-state index in [4.69, 9.17) is 0 Å². The van der Waals surface area contributed by atoms with Crippen LogP contribution in [0.1, 0.15) is 36.0 Å². The van der Waals surface area contributed by atoms with Gasteiger partial charge in [-0.05, 0) is 36.5 Å². The zero-order valence-corrected chi connectivity index (χ0v) is 12.1. The lowest BCUT2D eigenvalue weighted by Gasteiger charge is -2.14. The van der Waals surface area contributed by atoms with E-state index in [1.807, 2.05) is 31.2 Å². The fourth-order valence-corrected chi connectivity index (χ4v) is 2.34. The van der Waals surface area contributed by atoms with Gasteiger partial charge in [0.05, 0.1) is 11.3 Å². The molecular formula is C18H20N2. The van der Waals surface area contributed by atoms with Gasteiger partial charge in [-0.15, -0.1) is 0 Å². The molecule has 2 rings (SSSR count). The lowest BCUT2D eigenvalue weighted by molar-refractivity contribution is 0.706. The smallest absolute Gasteiger partial charge is 0.102 e. The molecule has 0 fully saturated rings. The highest BCUT2D eigenvalue weighted by Crippen LogP contribution is 2.21. The molecule has 2 nitrogen and oxygen atoms in total. The Morgan fingerprint density at radius 3 is 2.55 bits per heavy atom. The average Bonchev–Trinajstić information content (AvgIpc) is 2.48. The standard InChI is InChI=1S/C18H20N2/c1-14(16-8-4-3-5-9-16)11-12-20-18-10-6-7-15(2)17(18)13-19/h3-10,14,20H,11-12H2,1-2H3. The van der Waals surface area contributed by atoms with Crippen LogP contribution >= 0.6 is 0 Å². The van der Waals surface area contributed by atoms with Crippen LogP contribution in [0.25, 0.3) is 0 Å². The van der Waals surface area contributed by atoms with Crippen molar-refractivity contribution in [2.45, 2.75) is 26.2 Å². The molecule has 0 spiro atoms. The third-order valence-corrected chi connectivity index (χ3v) is 3.65. The van der Waals surface area contributed by atoms with Crippen LogP contribution in [0.2, 0.25) is 0 Å². The van der Waals surface area contributed by atoms with Gasteiger partial charge in [-0.2, -0.15) is 5.26 Å². The number of rotatable bonds is 5. The monoisotopic (exact) mass is 264 g/mol. The van der Waals surface area contributed by atoms with Crippen molar-refractivity contribution in [3.05, 3.63) is 65.2 Å². The lowest BCUT2D eigenvalue weighted by atomic mass is 9.98. The van der Waals surface area contributed by atoms with Gasteiger partial charge in [0.25, 0.3) is 0 Å². The summed E-state index contributed by atoms with van der Waals surface area (Å²) >= 11 is 0. The first-order valence-corrected chi connectivity index (χ1v) is 7.01. The maximum Gasteiger partial charge on any atom is 0.102 e.